The van der Waals surface area contributed by atoms with Crippen LogP contribution in [0.5, 0.6) is 5.75 Å². The van der Waals surface area contributed by atoms with Gasteiger partial charge in [-0.3, -0.25) is 4.79 Å². The number of hydrogen-bond acceptors (Lipinski definition) is 6. The highest BCUT2D eigenvalue weighted by atomic mass is 32.2. The highest BCUT2D eigenvalue weighted by Crippen LogP contribution is 2.26. The van der Waals surface area contributed by atoms with Crippen molar-refractivity contribution in [1.82, 2.24) is 4.98 Å². The molecule has 0 fully saturated rings. The number of benzene rings is 2. The van der Waals surface area contributed by atoms with Crippen LogP contribution >= 0.6 is 11.8 Å². The van der Waals surface area contributed by atoms with Gasteiger partial charge in [0.1, 0.15) is 24.4 Å². The van der Waals surface area contributed by atoms with Crippen LogP contribution in [0.4, 0.5) is 10.1 Å². The van der Waals surface area contributed by atoms with Crippen molar-refractivity contribution in [1.29, 1.82) is 0 Å². The smallest absolute Gasteiger partial charge is 0.234 e. The first-order valence-electron chi connectivity index (χ1n) is 8.94. The number of oxazole rings is 1. The maximum absolute atomic E-state index is 13.5. The zero-order chi connectivity index (χ0) is 20.5. The van der Waals surface area contributed by atoms with E-state index in [1.54, 1.807) is 13.4 Å². The SMILES string of the molecule is COCCOc1ccc(F)cc1NC(=O)CSCc1coc(-c2ccccc2)n1. The van der Waals surface area contributed by atoms with Crippen LogP contribution in [0.3, 0.4) is 0 Å². The minimum atomic E-state index is -0.455. The molecule has 1 heterocycles. The van der Waals surface area contributed by atoms with Crippen molar-refractivity contribution in [2.75, 3.05) is 31.4 Å². The Hall–Kier alpha value is -2.84. The van der Waals surface area contributed by atoms with Crippen molar-refractivity contribution < 1.29 is 23.1 Å². The third kappa shape index (κ3) is 6.33. The van der Waals surface area contributed by atoms with E-state index in [0.29, 0.717) is 36.3 Å². The maximum Gasteiger partial charge on any atom is 0.234 e. The van der Waals surface area contributed by atoms with Crippen molar-refractivity contribution in [2.24, 2.45) is 0 Å². The predicted octanol–water partition coefficient (Wildman–Crippen LogP) is 4.38. The van der Waals surface area contributed by atoms with Crippen molar-refractivity contribution in [2.45, 2.75) is 5.75 Å². The van der Waals surface area contributed by atoms with Crippen LogP contribution in [0.15, 0.2) is 59.2 Å². The van der Waals surface area contributed by atoms with Crippen molar-refractivity contribution in [3.8, 4) is 17.2 Å². The summed E-state index contributed by atoms with van der Waals surface area (Å²) in [5.41, 5.74) is 1.93. The molecule has 0 aliphatic heterocycles. The van der Waals surface area contributed by atoms with E-state index in [2.05, 4.69) is 10.3 Å². The molecule has 29 heavy (non-hydrogen) atoms. The van der Waals surface area contributed by atoms with Crippen LogP contribution < -0.4 is 10.1 Å². The van der Waals surface area contributed by atoms with Gasteiger partial charge in [-0.05, 0) is 24.3 Å². The summed E-state index contributed by atoms with van der Waals surface area (Å²) in [6.45, 7) is 0.693. The van der Waals surface area contributed by atoms with Gasteiger partial charge in [0.05, 0.1) is 23.7 Å². The molecule has 8 heteroatoms. The molecular weight excluding hydrogens is 395 g/mol. The number of nitrogens with one attached hydrogen (secondary N) is 1. The average molecular weight is 416 g/mol. The van der Waals surface area contributed by atoms with Crippen LogP contribution in [0.25, 0.3) is 11.5 Å². The van der Waals surface area contributed by atoms with Gasteiger partial charge in [-0.2, -0.15) is 0 Å². The topological polar surface area (TPSA) is 73.6 Å². The fourth-order valence-electron chi connectivity index (χ4n) is 2.48. The summed E-state index contributed by atoms with van der Waals surface area (Å²) in [6, 6.07) is 13.6. The van der Waals surface area contributed by atoms with E-state index < -0.39 is 5.82 Å². The molecule has 0 aliphatic rings. The van der Waals surface area contributed by atoms with E-state index in [9.17, 15) is 9.18 Å². The molecule has 0 spiro atoms. The number of carbonyl (C=O) groups is 1. The number of halogens is 1. The zero-order valence-electron chi connectivity index (χ0n) is 15.9. The Kier molecular flexibility index (Phi) is 7.66. The van der Waals surface area contributed by atoms with Gasteiger partial charge in [0.15, 0.2) is 0 Å². The second-order valence-electron chi connectivity index (χ2n) is 6.03. The van der Waals surface area contributed by atoms with E-state index in [1.807, 2.05) is 30.3 Å². The average Bonchev–Trinajstić information content (AvgIpc) is 3.19. The second-order valence-corrected chi connectivity index (χ2v) is 7.02. The van der Waals surface area contributed by atoms with Gasteiger partial charge >= 0.3 is 0 Å². The molecule has 0 radical (unpaired) electrons. The van der Waals surface area contributed by atoms with Crippen molar-refractivity contribution in [3.63, 3.8) is 0 Å². The molecule has 6 nitrogen and oxygen atoms in total. The summed E-state index contributed by atoms with van der Waals surface area (Å²) >= 11 is 1.38. The quantitative estimate of drug-likeness (QED) is 0.495. The van der Waals surface area contributed by atoms with Crippen LogP contribution in [-0.4, -0.2) is 37.0 Å². The molecule has 0 saturated carbocycles. The summed E-state index contributed by atoms with van der Waals surface area (Å²) in [4.78, 5) is 16.7. The Morgan fingerprint density at radius 1 is 1.21 bits per heavy atom. The number of anilines is 1. The van der Waals surface area contributed by atoms with E-state index in [4.69, 9.17) is 13.9 Å². The molecule has 0 bridgehead atoms. The molecule has 1 aromatic heterocycles. The Morgan fingerprint density at radius 3 is 2.83 bits per heavy atom. The predicted molar refractivity (Wildman–Crippen MR) is 111 cm³/mol. The second kappa shape index (κ2) is 10.6. The Labute approximate surface area is 172 Å². The number of aromatic nitrogens is 1. The van der Waals surface area contributed by atoms with Gasteiger partial charge in [-0.25, -0.2) is 9.37 Å². The first-order valence-corrected chi connectivity index (χ1v) is 10.1. The Balaban J connectivity index is 1.50. The van der Waals surface area contributed by atoms with Crippen LogP contribution in [0.1, 0.15) is 5.69 Å². The normalized spacial score (nSPS) is 10.7. The lowest BCUT2D eigenvalue weighted by Crippen LogP contribution is -2.16. The van der Waals surface area contributed by atoms with Gasteiger partial charge in [0, 0.05) is 24.5 Å². The third-order valence-electron chi connectivity index (χ3n) is 3.82. The highest BCUT2D eigenvalue weighted by molar-refractivity contribution is 7.99. The van der Waals surface area contributed by atoms with Crippen LogP contribution in [0.2, 0.25) is 0 Å². The molecule has 1 N–H and O–H groups in total. The molecule has 0 aliphatic carbocycles. The lowest BCUT2D eigenvalue weighted by Gasteiger charge is -2.12. The number of amides is 1. The lowest BCUT2D eigenvalue weighted by molar-refractivity contribution is -0.113. The Bertz CT molecular complexity index is 933. The maximum atomic E-state index is 13.5. The number of nitrogens with zero attached hydrogens (tertiary/aromatic N) is 1. The van der Waals surface area contributed by atoms with Gasteiger partial charge < -0.3 is 19.2 Å². The van der Waals surface area contributed by atoms with Gasteiger partial charge in [-0.15, -0.1) is 11.8 Å². The highest BCUT2D eigenvalue weighted by Gasteiger charge is 2.11. The number of hydrogen-bond donors (Lipinski definition) is 1. The number of thioether (sulfide) groups is 1. The van der Waals surface area contributed by atoms with E-state index >= 15 is 0 Å². The monoisotopic (exact) mass is 416 g/mol. The molecule has 3 aromatic rings. The summed E-state index contributed by atoms with van der Waals surface area (Å²) in [6.07, 6.45) is 1.58. The molecular formula is C21H21FN2O4S. The first kappa shape index (κ1) is 20.9. The number of rotatable bonds is 10. The molecule has 0 saturated heterocycles. The molecule has 3 rings (SSSR count). The van der Waals surface area contributed by atoms with E-state index in [-0.39, 0.29) is 11.7 Å². The standard InChI is InChI=1S/C21H21FN2O4S/c1-26-9-10-27-19-8-7-16(22)11-18(19)24-20(25)14-29-13-17-12-28-21(23-17)15-5-3-2-4-6-15/h2-8,11-12H,9-10,13-14H2,1H3,(H,24,25). The van der Waals surface area contributed by atoms with E-state index in [1.165, 1.54) is 30.0 Å². The largest absolute Gasteiger partial charge is 0.489 e. The lowest BCUT2D eigenvalue weighted by atomic mass is 10.2. The zero-order valence-corrected chi connectivity index (χ0v) is 16.7. The summed E-state index contributed by atoms with van der Waals surface area (Å²) < 4.78 is 29.5. The third-order valence-corrected chi connectivity index (χ3v) is 4.78. The fourth-order valence-corrected chi connectivity index (χ4v) is 3.18. The number of ether oxygens (including phenoxy) is 2. The summed E-state index contributed by atoms with van der Waals surface area (Å²) in [7, 11) is 1.56. The summed E-state index contributed by atoms with van der Waals surface area (Å²) in [5, 5.41) is 2.69. The van der Waals surface area contributed by atoms with Crippen LogP contribution in [0, 0.1) is 5.82 Å². The van der Waals surface area contributed by atoms with E-state index in [0.717, 1.165) is 11.3 Å². The minimum Gasteiger partial charge on any atom is -0.489 e. The van der Waals surface area contributed by atoms with Gasteiger partial charge in [0.25, 0.3) is 0 Å². The number of methoxy groups -OCH3 is 1. The van der Waals surface area contributed by atoms with Crippen LogP contribution in [-0.2, 0) is 15.3 Å². The molecule has 0 unspecified atom stereocenters. The first-order chi connectivity index (χ1) is 14.2. The molecule has 1 amide bonds. The van der Waals surface area contributed by atoms with Crippen molar-refractivity contribution >= 4 is 23.4 Å². The fraction of sp³-hybridized carbons (Fsp3) is 0.238. The Morgan fingerprint density at radius 2 is 2.03 bits per heavy atom. The molecule has 152 valence electrons. The number of carbonyl (C=O) groups excluding carboxylic acids is 1. The molecule has 2 aromatic carbocycles. The summed E-state index contributed by atoms with van der Waals surface area (Å²) in [5.74, 6) is 0.923. The van der Waals surface area contributed by atoms with Gasteiger partial charge in [0.2, 0.25) is 11.8 Å². The van der Waals surface area contributed by atoms with Crippen molar-refractivity contribution in [3.05, 3.63) is 66.3 Å². The molecule has 0 atom stereocenters. The minimum absolute atomic E-state index is 0.182. The van der Waals surface area contributed by atoms with Gasteiger partial charge in [-0.1, -0.05) is 18.2 Å².